The van der Waals surface area contributed by atoms with E-state index in [-0.39, 0.29) is 24.0 Å². The van der Waals surface area contributed by atoms with Crippen LogP contribution < -0.4 is 0 Å². The van der Waals surface area contributed by atoms with Crippen molar-refractivity contribution in [1.82, 2.24) is 9.80 Å². The average Bonchev–Trinajstić information content (AvgIpc) is 2.73. The number of rotatable bonds is 3. The number of aliphatic hydroxyl groups is 1. The zero-order chi connectivity index (χ0) is 19.7. The Kier molecular flexibility index (Phi) is 5.26. The summed E-state index contributed by atoms with van der Waals surface area (Å²) in [7, 11) is 2.13. The van der Waals surface area contributed by atoms with Gasteiger partial charge in [-0.05, 0) is 62.5 Å². The quantitative estimate of drug-likeness (QED) is 0.888. The van der Waals surface area contributed by atoms with E-state index >= 15 is 0 Å². The van der Waals surface area contributed by atoms with Crippen LogP contribution in [0.2, 0.25) is 0 Å². The average molecular weight is 379 g/mol. The van der Waals surface area contributed by atoms with Crippen molar-refractivity contribution in [2.45, 2.75) is 32.2 Å². The number of hydrogen-bond donors (Lipinski definition) is 1. The normalized spacial score (nSPS) is 25.4. The number of likely N-dealkylation sites (N-methyl/N-ethyl adjacent to an activating group) is 1. The fourth-order valence-corrected chi connectivity index (χ4v) is 5.15. The Hall–Kier alpha value is -2.17. The molecule has 2 saturated heterocycles. The Morgan fingerprint density at radius 1 is 1.07 bits per heavy atom. The van der Waals surface area contributed by atoms with Crippen molar-refractivity contribution in [2.75, 3.05) is 33.3 Å². The summed E-state index contributed by atoms with van der Waals surface area (Å²) in [5.74, 6) is 0.101. The first kappa shape index (κ1) is 19.2. The van der Waals surface area contributed by atoms with Crippen LogP contribution in [0.4, 0.5) is 0 Å². The summed E-state index contributed by atoms with van der Waals surface area (Å²) in [6.45, 7) is 4.74. The summed E-state index contributed by atoms with van der Waals surface area (Å²) >= 11 is 0. The van der Waals surface area contributed by atoms with Crippen molar-refractivity contribution in [3.8, 4) is 11.1 Å². The molecule has 2 fully saturated rings. The molecule has 0 bridgehead atoms. The summed E-state index contributed by atoms with van der Waals surface area (Å²) in [4.78, 5) is 17.9. The molecular formula is C24H30N2O2. The molecule has 2 aliphatic heterocycles. The molecular weight excluding hydrogens is 348 g/mol. The van der Waals surface area contributed by atoms with Gasteiger partial charge in [-0.3, -0.25) is 4.79 Å². The minimum Gasteiger partial charge on any atom is -0.396 e. The van der Waals surface area contributed by atoms with Crippen molar-refractivity contribution in [3.05, 3.63) is 59.7 Å². The number of hydrogen-bond acceptors (Lipinski definition) is 3. The summed E-state index contributed by atoms with van der Waals surface area (Å²) in [6.07, 6.45) is 3.05. The minimum absolute atomic E-state index is 0.0562. The predicted octanol–water partition coefficient (Wildman–Crippen LogP) is 3.58. The zero-order valence-corrected chi connectivity index (χ0v) is 16.9. The van der Waals surface area contributed by atoms with Crippen LogP contribution in [0.1, 0.15) is 35.2 Å². The first-order chi connectivity index (χ1) is 13.6. The molecule has 2 atom stereocenters. The van der Waals surface area contributed by atoms with E-state index in [9.17, 15) is 9.90 Å². The lowest BCUT2D eigenvalue weighted by molar-refractivity contribution is -0.0601. The van der Waals surface area contributed by atoms with Gasteiger partial charge in [-0.1, -0.05) is 42.5 Å². The van der Waals surface area contributed by atoms with Crippen LogP contribution in [0.25, 0.3) is 11.1 Å². The Bertz CT molecular complexity index is 865. The number of fused-ring (bicyclic) bond motifs is 1. The molecule has 4 nitrogen and oxygen atoms in total. The van der Waals surface area contributed by atoms with Gasteiger partial charge in [0.15, 0.2) is 0 Å². The molecule has 0 spiro atoms. The molecule has 0 aromatic heterocycles. The van der Waals surface area contributed by atoms with Gasteiger partial charge < -0.3 is 14.9 Å². The molecule has 1 amide bonds. The Labute approximate surface area is 167 Å². The molecule has 0 radical (unpaired) electrons. The third-order valence-corrected chi connectivity index (χ3v) is 6.89. The predicted molar refractivity (Wildman–Crippen MR) is 112 cm³/mol. The lowest BCUT2D eigenvalue weighted by Crippen LogP contribution is -2.62. The number of aliphatic hydroxyl groups excluding tert-OH is 1. The van der Waals surface area contributed by atoms with Gasteiger partial charge in [0, 0.05) is 30.1 Å². The van der Waals surface area contributed by atoms with Gasteiger partial charge in [0.25, 0.3) is 5.91 Å². The molecule has 148 valence electrons. The number of likely N-dealkylation sites (tertiary alicyclic amines) is 2. The number of carbonyl (C=O) groups excluding carboxylic acids is 1. The van der Waals surface area contributed by atoms with E-state index < -0.39 is 0 Å². The molecule has 1 N–H and O–H groups in total. The number of piperidine rings is 2. The molecule has 0 saturated carbocycles. The lowest BCUT2D eigenvalue weighted by Gasteiger charge is -2.53. The summed E-state index contributed by atoms with van der Waals surface area (Å²) in [6, 6.07) is 16.4. The minimum atomic E-state index is -0.0562. The van der Waals surface area contributed by atoms with Crippen molar-refractivity contribution in [2.24, 2.45) is 5.41 Å². The number of aryl methyl sites for hydroxylation is 1. The van der Waals surface area contributed by atoms with E-state index in [1.165, 1.54) is 5.56 Å². The smallest absolute Gasteiger partial charge is 0.254 e. The molecule has 0 unspecified atom stereocenters. The van der Waals surface area contributed by atoms with E-state index in [4.69, 9.17) is 0 Å². The van der Waals surface area contributed by atoms with Gasteiger partial charge in [0.1, 0.15) is 0 Å². The molecule has 2 aromatic carbocycles. The first-order valence-corrected chi connectivity index (χ1v) is 10.3. The Morgan fingerprint density at radius 3 is 2.54 bits per heavy atom. The van der Waals surface area contributed by atoms with E-state index in [1.807, 2.05) is 41.3 Å². The second kappa shape index (κ2) is 7.69. The molecule has 2 aliphatic rings. The van der Waals surface area contributed by atoms with E-state index in [0.717, 1.165) is 42.5 Å². The Morgan fingerprint density at radius 2 is 1.79 bits per heavy atom. The van der Waals surface area contributed by atoms with E-state index in [2.05, 4.69) is 31.0 Å². The van der Waals surface area contributed by atoms with Crippen molar-refractivity contribution in [1.29, 1.82) is 0 Å². The monoisotopic (exact) mass is 378 g/mol. The maximum absolute atomic E-state index is 13.5. The van der Waals surface area contributed by atoms with Crippen LogP contribution in [-0.4, -0.2) is 60.1 Å². The summed E-state index contributed by atoms with van der Waals surface area (Å²) < 4.78 is 0. The largest absolute Gasteiger partial charge is 0.396 e. The molecule has 4 rings (SSSR count). The van der Waals surface area contributed by atoms with Crippen LogP contribution >= 0.6 is 0 Å². The maximum atomic E-state index is 13.5. The zero-order valence-electron chi connectivity index (χ0n) is 16.9. The molecule has 2 aromatic rings. The number of carbonyl (C=O) groups is 1. The summed E-state index contributed by atoms with van der Waals surface area (Å²) in [5, 5.41) is 10.1. The third-order valence-electron chi connectivity index (χ3n) is 6.89. The highest BCUT2D eigenvalue weighted by atomic mass is 16.3. The second-order valence-corrected chi connectivity index (χ2v) is 8.48. The van der Waals surface area contributed by atoms with Crippen LogP contribution in [0.5, 0.6) is 0 Å². The van der Waals surface area contributed by atoms with Gasteiger partial charge in [-0.25, -0.2) is 0 Å². The van der Waals surface area contributed by atoms with Crippen LogP contribution in [-0.2, 0) is 0 Å². The fourth-order valence-electron chi connectivity index (χ4n) is 5.15. The van der Waals surface area contributed by atoms with Crippen molar-refractivity contribution >= 4 is 5.91 Å². The molecule has 4 heteroatoms. The molecule has 28 heavy (non-hydrogen) atoms. The van der Waals surface area contributed by atoms with Crippen LogP contribution in [0, 0.1) is 12.3 Å². The van der Waals surface area contributed by atoms with E-state index in [0.29, 0.717) is 13.1 Å². The standard InChI is InChI=1S/C24H30N2O2/c1-18-8-3-4-9-19(18)20-10-5-6-11-21(20)23(28)26-15-13-24(17-27)12-7-14-25(2)22(24)16-26/h3-6,8-11,22,27H,7,12-17H2,1-2H3/t22-,24-/m1/s1. The summed E-state index contributed by atoms with van der Waals surface area (Å²) in [5.41, 5.74) is 4.00. The highest BCUT2D eigenvalue weighted by molar-refractivity contribution is 6.01. The van der Waals surface area contributed by atoms with Gasteiger partial charge in [0.2, 0.25) is 0 Å². The van der Waals surface area contributed by atoms with Gasteiger partial charge in [0.05, 0.1) is 6.61 Å². The molecule has 2 heterocycles. The maximum Gasteiger partial charge on any atom is 0.254 e. The van der Waals surface area contributed by atoms with Crippen LogP contribution in [0.3, 0.4) is 0 Å². The van der Waals surface area contributed by atoms with E-state index in [1.54, 1.807) is 0 Å². The van der Waals surface area contributed by atoms with Gasteiger partial charge in [-0.2, -0.15) is 0 Å². The van der Waals surface area contributed by atoms with Crippen molar-refractivity contribution in [3.63, 3.8) is 0 Å². The topological polar surface area (TPSA) is 43.8 Å². The van der Waals surface area contributed by atoms with Gasteiger partial charge >= 0.3 is 0 Å². The van der Waals surface area contributed by atoms with Gasteiger partial charge in [-0.15, -0.1) is 0 Å². The highest BCUT2D eigenvalue weighted by Crippen LogP contribution is 2.42. The van der Waals surface area contributed by atoms with Crippen LogP contribution in [0.15, 0.2) is 48.5 Å². The number of nitrogens with zero attached hydrogens (tertiary/aromatic N) is 2. The number of benzene rings is 2. The highest BCUT2D eigenvalue weighted by Gasteiger charge is 2.47. The molecule has 0 aliphatic carbocycles. The second-order valence-electron chi connectivity index (χ2n) is 8.48. The SMILES string of the molecule is Cc1ccccc1-c1ccccc1C(=O)N1CC[C@@]2(CO)CCCN(C)[C@@H]2C1. The third kappa shape index (κ3) is 3.25. The Balaban J connectivity index is 1.64. The van der Waals surface area contributed by atoms with Crippen molar-refractivity contribution < 1.29 is 9.90 Å². The first-order valence-electron chi connectivity index (χ1n) is 10.3. The fraction of sp³-hybridized carbons (Fsp3) is 0.458. The number of amides is 1. The lowest BCUT2D eigenvalue weighted by atomic mass is 9.69.